The topological polar surface area (TPSA) is 37.4 Å². The lowest BCUT2D eigenvalue weighted by Gasteiger charge is -2.20. The Morgan fingerprint density at radius 1 is 1.33 bits per heavy atom. The number of unbranched alkanes of at least 4 members (excludes halogenated alkanes) is 1. The summed E-state index contributed by atoms with van der Waals surface area (Å²) >= 11 is 5.63. The maximum Gasteiger partial charge on any atom is 0.214 e. The van der Waals surface area contributed by atoms with Crippen molar-refractivity contribution in [3.05, 3.63) is 0 Å². The summed E-state index contributed by atoms with van der Waals surface area (Å²) in [5, 5.41) is 0. The van der Waals surface area contributed by atoms with Gasteiger partial charge in [0.2, 0.25) is 10.0 Å². The van der Waals surface area contributed by atoms with E-state index >= 15 is 0 Å². The van der Waals surface area contributed by atoms with Crippen molar-refractivity contribution in [2.24, 2.45) is 5.92 Å². The molecule has 1 aliphatic carbocycles. The highest BCUT2D eigenvalue weighted by molar-refractivity contribution is 7.89. The van der Waals surface area contributed by atoms with Gasteiger partial charge < -0.3 is 0 Å². The maximum atomic E-state index is 11.9. The highest BCUT2D eigenvalue weighted by Gasteiger charge is 2.31. The molecule has 0 heterocycles. The molecule has 0 spiro atoms. The summed E-state index contributed by atoms with van der Waals surface area (Å²) in [6.07, 6.45) is 4.07. The van der Waals surface area contributed by atoms with Crippen LogP contribution in [0.25, 0.3) is 0 Å². The van der Waals surface area contributed by atoms with Crippen LogP contribution in [0.4, 0.5) is 0 Å². The van der Waals surface area contributed by atoms with Gasteiger partial charge in [-0.05, 0) is 25.2 Å². The standard InChI is InChI=1S/C10H20ClNO2S/c1-2-3-7-12(8-6-11)15(13,14)9-10-4-5-10/h10H,2-9H2,1H3. The molecule has 5 heteroatoms. The number of rotatable bonds is 8. The van der Waals surface area contributed by atoms with Crippen molar-refractivity contribution in [2.45, 2.75) is 32.6 Å². The largest absolute Gasteiger partial charge is 0.214 e. The smallest absolute Gasteiger partial charge is 0.212 e. The quantitative estimate of drug-likeness (QED) is 0.621. The molecule has 90 valence electrons. The third-order valence-corrected chi connectivity index (χ3v) is 4.85. The highest BCUT2D eigenvalue weighted by Crippen LogP contribution is 2.31. The number of hydrogen-bond acceptors (Lipinski definition) is 2. The molecule has 15 heavy (non-hydrogen) atoms. The molecule has 1 fully saturated rings. The van der Waals surface area contributed by atoms with E-state index in [4.69, 9.17) is 11.6 Å². The number of hydrogen-bond donors (Lipinski definition) is 0. The first-order chi connectivity index (χ1) is 7.10. The van der Waals surface area contributed by atoms with Gasteiger partial charge in [-0.2, -0.15) is 0 Å². The molecular formula is C10H20ClNO2S. The summed E-state index contributed by atoms with van der Waals surface area (Å²) in [6, 6.07) is 0. The van der Waals surface area contributed by atoms with Gasteiger partial charge in [0, 0.05) is 19.0 Å². The summed E-state index contributed by atoms with van der Waals surface area (Å²) in [5.41, 5.74) is 0. The molecule has 1 rings (SSSR count). The predicted molar refractivity (Wildman–Crippen MR) is 63.7 cm³/mol. The van der Waals surface area contributed by atoms with Gasteiger partial charge in [0.25, 0.3) is 0 Å². The van der Waals surface area contributed by atoms with E-state index in [0.29, 0.717) is 30.6 Å². The zero-order valence-corrected chi connectivity index (χ0v) is 10.9. The molecule has 0 aromatic rings. The number of nitrogens with zero attached hydrogens (tertiary/aromatic N) is 1. The Hall–Kier alpha value is 0.200. The lowest BCUT2D eigenvalue weighted by molar-refractivity contribution is 0.419. The van der Waals surface area contributed by atoms with Crippen LogP contribution in [0.3, 0.4) is 0 Å². The van der Waals surface area contributed by atoms with Crippen LogP contribution in [-0.4, -0.2) is 37.4 Å². The molecule has 0 unspecified atom stereocenters. The van der Waals surface area contributed by atoms with Gasteiger partial charge in [-0.15, -0.1) is 11.6 Å². The average molecular weight is 254 g/mol. The molecule has 3 nitrogen and oxygen atoms in total. The lowest BCUT2D eigenvalue weighted by Crippen LogP contribution is -2.36. The Bertz CT molecular complexity index is 275. The molecule has 0 N–H and O–H groups in total. The van der Waals surface area contributed by atoms with Crippen molar-refractivity contribution >= 4 is 21.6 Å². The van der Waals surface area contributed by atoms with E-state index in [2.05, 4.69) is 6.92 Å². The van der Waals surface area contributed by atoms with Crippen LogP contribution in [0.15, 0.2) is 0 Å². The van der Waals surface area contributed by atoms with E-state index in [-0.39, 0.29) is 0 Å². The molecule has 0 aromatic carbocycles. The fourth-order valence-corrected chi connectivity index (χ4v) is 3.73. The Labute approximate surface area is 97.8 Å². The number of sulfonamides is 1. The van der Waals surface area contributed by atoms with Crippen molar-refractivity contribution in [2.75, 3.05) is 24.7 Å². The first-order valence-corrected chi connectivity index (χ1v) is 7.78. The third kappa shape index (κ3) is 4.70. The average Bonchev–Trinajstić information content (AvgIpc) is 2.95. The van der Waals surface area contributed by atoms with Crippen LogP contribution in [0.1, 0.15) is 32.6 Å². The van der Waals surface area contributed by atoms with Crippen LogP contribution in [-0.2, 0) is 10.0 Å². The molecule has 1 saturated carbocycles. The first kappa shape index (κ1) is 13.3. The molecule has 0 bridgehead atoms. The Morgan fingerprint density at radius 2 is 2.00 bits per heavy atom. The fraction of sp³-hybridized carbons (Fsp3) is 1.00. The normalized spacial score (nSPS) is 17.3. The minimum Gasteiger partial charge on any atom is -0.212 e. The minimum absolute atomic E-state index is 0.327. The fourth-order valence-electron chi connectivity index (χ4n) is 1.51. The summed E-state index contributed by atoms with van der Waals surface area (Å²) < 4.78 is 25.4. The Balaban J connectivity index is 2.50. The van der Waals surface area contributed by atoms with E-state index in [0.717, 1.165) is 25.7 Å². The van der Waals surface area contributed by atoms with E-state index in [1.165, 1.54) is 0 Å². The summed E-state index contributed by atoms with van der Waals surface area (Å²) in [6.45, 7) is 3.14. The minimum atomic E-state index is -3.04. The maximum absolute atomic E-state index is 11.9. The van der Waals surface area contributed by atoms with Gasteiger partial charge >= 0.3 is 0 Å². The van der Waals surface area contributed by atoms with E-state index in [9.17, 15) is 8.42 Å². The molecule has 0 aromatic heterocycles. The SMILES string of the molecule is CCCCN(CCCl)S(=O)(=O)CC1CC1. The van der Waals surface area contributed by atoms with Gasteiger partial charge in [0.1, 0.15) is 0 Å². The molecule has 0 aliphatic heterocycles. The van der Waals surface area contributed by atoms with Gasteiger partial charge in [0.05, 0.1) is 5.75 Å². The molecule has 0 saturated heterocycles. The summed E-state index contributed by atoms with van der Waals surface area (Å²) in [4.78, 5) is 0. The first-order valence-electron chi connectivity index (χ1n) is 5.64. The summed E-state index contributed by atoms with van der Waals surface area (Å²) in [5.74, 6) is 1.12. The second-order valence-electron chi connectivity index (χ2n) is 4.16. The van der Waals surface area contributed by atoms with Gasteiger partial charge in [-0.3, -0.25) is 0 Å². The number of alkyl halides is 1. The third-order valence-electron chi connectivity index (χ3n) is 2.63. The van der Waals surface area contributed by atoms with Crippen LogP contribution >= 0.6 is 11.6 Å². The Kier molecular flexibility index (Phi) is 5.36. The van der Waals surface area contributed by atoms with E-state index in [1.54, 1.807) is 4.31 Å². The van der Waals surface area contributed by atoms with Crippen LogP contribution in [0.2, 0.25) is 0 Å². The second kappa shape index (κ2) is 6.06. The molecular weight excluding hydrogens is 234 g/mol. The van der Waals surface area contributed by atoms with Gasteiger partial charge in [-0.25, -0.2) is 12.7 Å². The molecule has 0 amide bonds. The monoisotopic (exact) mass is 253 g/mol. The van der Waals surface area contributed by atoms with E-state index in [1.807, 2.05) is 0 Å². The van der Waals surface area contributed by atoms with Crippen molar-refractivity contribution in [1.82, 2.24) is 4.31 Å². The molecule has 0 atom stereocenters. The van der Waals surface area contributed by atoms with Crippen molar-refractivity contribution in [1.29, 1.82) is 0 Å². The highest BCUT2D eigenvalue weighted by atomic mass is 35.5. The Morgan fingerprint density at radius 3 is 2.47 bits per heavy atom. The molecule has 0 radical (unpaired) electrons. The second-order valence-corrected chi connectivity index (χ2v) is 6.56. The van der Waals surface area contributed by atoms with Crippen molar-refractivity contribution in [3.8, 4) is 0 Å². The molecule has 1 aliphatic rings. The lowest BCUT2D eigenvalue weighted by atomic mass is 10.3. The predicted octanol–water partition coefficient (Wildman–Crippen LogP) is 2.07. The van der Waals surface area contributed by atoms with Crippen LogP contribution < -0.4 is 0 Å². The van der Waals surface area contributed by atoms with Crippen LogP contribution in [0, 0.1) is 5.92 Å². The zero-order valence-electron chi connectivity index (χ0n) is 9.28. The number of halogens is 1. The van der Waals surface area contributed by atoms with Gasteiger partial charge in [0.15, 0.2) is 0 Å². The summed E-state index contributed by atoms with van der Waals surface area (Å²) in [7, 11) is -3.04. The van der Waals surface area contributed by atoms with E-state index < -0.39 is 10.0 Å². The van der Waals surface area contributed by atoms with Crippen LogP contribution in [0.5, 0.6) is 0 Å². The van der Waals surface area contributed by atoms with Crippen molar-refractivity contribution < 1.29 is 8.42 Å². The zero-order chi connectivity index (χ0) is 11.3. The van der Waals surface area contributed by atoms with Gasteiger partial charge in [-0.1, -0.05) is 13.3 Å². The van der Waals surface area contributed by atoms with Crippen molar-refractivity contribution in [3.63, 3.8) is 0 Å².